The first-order chi connectivity index (χ1) is 11.2. The normalized spacial score (nSPS) is 14.3. The lowest BCUT2D eigenvalue weighted by molar-refractivity contribution is 0.0761. The van der Waals surface area contributed by atoms with Crippen molar-refractivity contribution in [3.63, 3.8) is 0 Å². The fourth-order valence-electron chi connectivity index (χ4n) is 3.30. The molecule has 3 aromatic heterocycles. The summed E-state index contributed by atoms with van der Waals surface area (Å²) in [4.78, 5) is 25.8. The summed E-state index contributed by atoms with van der Waals surface area (Å²) in [6.45, 7) is 5.25. The van der Waals surface area contributed by atoms with Crippen LogP contribution in [-0.2, 0) is 12.8 Å². The Morgan fingerprint density at radius 1 is 1.30 bits per heavy atom. The third-order valence-corrected chi connectivity index (χ3v) is 5.73. The molecule has 0 atom stereocenters. The minimum Gasteiger partial charge on any atom is -0.336 e. The summed E-state index contributed by atoms with van der Waals surface area (Å²) in [5.74, 6) is 0.148. The van der Waals surface area contributed by atoms with Gasteiger partial charge in [0.25, 0.3) is 5.91 Å². The summed E-state index contributed by atoms with van der Waals surface area (Å²) in [5, 5.41) is 5.46. The van der Waals surface area contributed by atoms with Crippen molar-refractivity contribution in [2.75, 3.05) is 13.1 Å². The van der Waals surface area contributed by atoms with Crippen LogP contribution < -0.4 is 0 Å². The zero-order valence-corrected chi connectivity index (χ0v) is 14.2. The number of carbonyl (C=O) groups excluding carboxylic acids is 1. The highest BCUT2D eigenvalue weighted by atomic mass is 32.1. The third kappa shape index (κ3) is 2.22. The van der Waals surface area contributed by atoms with Gasteiger partial charge in [-0.3, -0.25) is 4.79 Å². The van der Waals surface area contributed by atoms with Crippen LogP contribution in [0.15, 0.2) is 6.33 Å². The van der Waals surface area contributed by atoms with Gasteiger partial charge in [0.15, 0.2) is 5.65 Å². The van der Waals surface area contributed by atoms with Gasteiger partial charge in [-0.25, -0.2) is 14.5 Å². The van der Waals surface area contributed by atoms with Gasteiger partial charge in [0.1, 0.15) is 11.2 Å². The Kier molecular flexibility index (Phi) is 3.52. The molecule has 1 aliphatic carbocycles. The third-order valence-electron chi connectivity index (χ3n) is 4.53. The highest BCUT2D eigenvalue weighted by Gasteiger charge is 2.23. The van der Waals surface area contributed by atoms with E-state index < -0.39 is 0 Å². The lowest BCUT2D eigenvalue weighted by Gasteiger charge is -2.15. The van der Waals surface area contributed by atoms with E-state index in [1.54, 1.807) is 27.1 Å². The first-order valence-electron chi connectivity index (χ1n) is 8.17. The molecule has 1 aliphatic rings. The average molecular weight is 329 g/mol. The molecule has 0 spiro atoms. The number of rotatable bonds is 3. The molecule has 23 heavy (non-hydrogen) atoms. The molecule has 3 aromatic rings. The molecule has 1 amide bonds. The summed E-state index contributed by atoms with van der Waals surface area (Å²) in [7, 11) is 0. The molecule has 0 fully saturated rings. The van der Waals surface area contributed by atoms with Crippen LogP contribution in [0, 0.1) is 0 Å². The molecule has 0 aliphatic heterocycles. The molecule has 6 nitrogen and oxygen atoms in total. The molecule has 0 radical (unpaired) electrons. The monoisotopic (exact) mass is 329 g/mol. The van der Waals surface area contributed by atoms with Gasteiger partial charge < -0.3 is 4.90 Å². The Morgan fingerprint density at radius 3 is 2.87 bits per heavy atom. The van der Waals surface area contributed by atoms with Crippen molar-refractivity contribution < 1.29 is 4.79 Å². The Labute approximate surface area is 138 Å². The fourth-order valence-corrected chi connectivity index (χ4v) is 4.52. The molecule has 7 heteroatoms. The fraction of sp³-hybridized carbons (Fsp3) is 0.500. The van der Waals surface area contributed by atoms with Crippen LogP contribution in [0.4, 0.5) is 0 Å². The van der Waals surface area contributed by atoms with Crippen LogP contribution >= 0.6 is 11.3 Å². The quantitative estimate of drug-likeness (QED) is 0.741. The van der Waals surface area contributed by atoms with Gasteiger partial charge in [0.05, 0.1) is 5.39 Å². The van der Waals surface area contributed by atoms with Crippen LogP contribution in [0.2, 0.25) is 0 Å². The number of thiophene rings is 1. The summed E-state index contributed by atoms with van der Waals surface area (Å²) >= 11 is 1.76. The van der Waals surface area contributed by atoms with Gasteiger partial charge in [-0.1, -0.05) is 0 Å². The summed E-state index contributed by atoms with van der Waals surface area (Å²) < 4.78 is 1.65. The predicted octanol–water partition coefficient (Wildman–Crippen LogP) is 2.70. The van der Waals surface area contributed by atoms with E-state index in [2.05, 4.69) is 15.1 Å². The molecule has 0 bridgehead atoms. The van der Waals surface area contributed by atoms with E-state index in [4.69, 9.17) is 0 Å². The van der Waals surface area contributed by atoms with E-state index in [0.29, 0.717) is 13.1 Å². The van der Waals surface area contributed by atoms with Gasteiger partial charge in [-0.2, -0.15) is 0 Å². The number of fused-ring (bicyclic) bond motifs is 5. The predicted molar refractivity (Wildman–Crippen MR) is 90.1 cm³/mol. The van der Waals surface area contributed by atoms with Crippen LogP contribution in [0.25, 0.3) is 15.9 Å². The molecule has 0 aromatic carbocycles. The van der Waals surface area contributed by atoms with E-state index in [0.717, 1.165) is 28.7 Å². The second-order valence-corrected chi connectivity index (χ2v) is 6.90. The number of hydrogen-bond acceptors (Lipinski definition) is 5. The molecule has 0 saturated carbocycles. The average Bonchev–Trinajstić information content (AvgIpc) is 3.16. The number of carbonyl (C=O) groups is 1. The van der Waals surface area contributed by atoms with Gasteiger partial charge >= 0.3 is 0 Å². The second-order valence-electron chi connectivity index (χ2n) is 5.82. The number of nitrogens with zero attached hydrogens (tertiary/aromatic N) is 5. The summed E-state index contributed by atoms with van der Waals surface area (Å²) in [5.41, 5.74) is 2.13. The van der Waals surface area contributed by atoms with Crippen molar-refractivity contribution >= 4 is 33.1 Å². The zero-order chi connectivity index (χ0) is 16.0. The topological polar surface area (TPSA) is 63.4 Å². The Morgan fingerprint density at radius 2 is 2.09 bits per heavy atom. The van der Waals surface area contributed by atoms with E-state index in [1.165, 1.54) is 23.3 Å². The molecule has 0 saturated heterocycles. The summed E-state index contributed by atoms with van der Waals surface area (Å²) in [6, 6.07) is 0. The molecular weight excluding hydrogens is 310 g/mol. The van der Waals surface area contributed by atoms with Gasteiger partial charge in [0.2, 0.25) is 5.82 Å². The molecule has 120 valence electrons. The van der Waals surface area contributed by atoms with Crippen molar-refractivity contribution in [3.05, 3.63) is 22.6 Å². The smallest absolute Gasteiger partial charge is 0.293 e. The molecule has 0 N–H and O–H groups in total. The van der Waals surface area contributed by atoms with Crippen LogP contribution in [0.5, 0.6) is 0 Å². The van der Waals surface area contributed by atoms with Crippen molar-refractivity contribution in [2.24, 2.45) is 0 Å². The first kappa shape index (κ1) is 14.6. The number of hydrogen-bond donors (Lipinski definition) is 0. The lowest BCUT2D eigenvalue weighted by atomic mass is 9.97. The highest BCUT2D eigenvalue weighted by molar-refractivity contribution is 7.19. The largest absolute Gasteiger partial charge is 0.336 e. The van der Waals surface area contributed by atoms with Gasteiger partial charge in [-0.15, -0.1) is 16.4 Å². The minimum atomic E-state index is -0.115. The van der Waals surface area contributed by atoms with Gasteiger partial charge in [0, 0.05) is 18.0 Å². The van der Waals surface area contributed by atoms with Crippen LogP contribution in [0.3, 0.4) is 0 Å². The SMILES string of the molecule is CCN(CC)C(=O)c1nc2c3c4c(sc3ncn2n1)CCCC4. The van der Waals surface area contributed by atoms with Crippen LogP contribution in [0.1, 0.15) is 47.7 Å². The maximum Gasteiger partial charge on any atom is 0.293 e. The lowest BCUT2D eigenvalue weighted by Crippen LogP contribution is -2.31. The number of aryl methyl sites for hydroxylation is 2. The molecule has 4 rings (SSSR count). The number of aromatic nitrogens is 4. The minimum absolute atomic E-state index is 0.115. The van der Waals surface area contributed by atoms with Crippen molar-refractivity contribution in [3.8, 4) is 0 Å². The summed E-state index contributed by atoms with van der Waals surface area (Å²) in [6.07, 6.45) is 6.32. The zero-order valence-electron chi connectivity index (χ0n) is 13.4. The second kappa shape index (κ2) is 5.56. The standard InChI is InChI=1S/C16H19N5OS/c1-3-20(4-2)16(22)13-18-14-12-10-7-5-6-8-11(10)23-15(12)17-9-21(14)19-13/h9H,3-8H2,1-2H3. The Bertz CT molecular complexity index is 893. The highest BCUT2D eigenvalue weighted by Crippen LogP contribution is 2.36. The first-order valence-corrected chi connectivity index (χ1v) is 8.99. The van der Waals surface area contributed by atoms with E-state index in [9.17, 15) is 4.79 Å². The van der Waals surface area contributed by atoms with E-state index >= 15 is 0 Å². The number of amides is 1. The maximum atomic E-state index is 12.5. The van der Waals surface area contributed by atoms with Gasteiger partial charge in [-0.05, 0) is 45.1 Å². The Balaban J connectivity index is 1.90. The molecular formula is C16H19N5OS. The Hall–Kier alpha value is -2.02. The van der Waals surface area contributed by atoms with E-state index in [1.807, 2.05) is 13.8 Å². The molecule has 0 unspecified atom stereocenters. The van der Waals surface area contributed by atoms with Crippen molar-refractivity contribution in [1.82, 2.24) is 24.5 Å². The van der Waals surface area contributed by atoms with Crippen LogP contribution in [-0.4, -0.2) is 43.5 Å². The van der Waals surface area contributed by atoms with E-state index in [-0.39, 0.29) is 11.7 Å². The van der Waals surface area contributed by atoms with Crippen molar-refractivity contribution in [2.45, 2.75) is 39.5 Å². The maximum absolute atomic E-state index is 12.5. The van der Waals surface area contributed by atoms with Crippen molar-refractivity contribution in [1.29, 1.82) is 0 Å². The molecule has 3 heterocycles.